The van der Waals surface area contributed by atoms with Crippen LogP contribution >= 0.6 is 0 Å². The lowest BCUT2D eigenvalue weighted by atomic mass is 10.0. The van der Waals surface area contributed by atoms with Gasteiger partial charge >= 0.3 is 0 Å². The van der Waals surface area contributed by atoms with Gasteiger partial charge in [-0.2, -0.15) is 0 Å². The van der Waals surface area contributed by atoms with Gasteiger partial charge in [0.15, 0.2) is 0 Å². The second-order valence-corrected chi connectivity index (χ2v) is 4.98. The van der Waals surface area contributed by atoms with E-state index in [1.807, 2.05) is 36.4 Å². The summed E-state index contributed by atoms with van der Waals surface area (Å²) >= 11 is 0. The Kier molecular flexibility index (Phi) is 5.58. The van der Waals surface area contributed by atoms with Gasteiger partial charge in [-0.15, -0.1) is 0 Å². The van der Waals surface area contributed by atoms with Gasteiger partial charge in [-0.05, 0) is 36.6 Å². The van der Waals surface area contributed by atoms with Gasteiger partial charge in [0.05, 0.1) is 12.8 Å². The Hall–Kier alpha value is -2.07. The monoisotopic (exact) mass is 286 g/mol. The van der Waals surface area contributed by atoms with Gasteiger partial charge in [-0.1, -0.05) is 25.1 Å². The minimum absolute atomic E-state index is 0.195. The second kappa shape index (κ2) is 7.64. The predicted octanol–water partition coefficient (Wildman–Crippen LogP) is 2.95. The van der Waals surface area contributed by atoms with Crippen LogP contribution in [0, 0.1) is 0 Å². The highest BCUT2D eigenvalue weighted by Gasteiger charge is 2.04. The molecule has 2 rings (SSSR count). The average molecular weight is 286 g/mol. The fourth-order valence-electron chi connectivity index (χ4n) is 2.02. The molecule has 0 saturated heterocycles. The van der Waals surface area contributed by atoms with Crippen molar-refractivity contribution in [2.24, 2.45) is 5.73 Å². The molecule has 1 unspecified atom stereocenters. The van der Waals surface area contributed by atoms with E-state index in [4.69, 9.17) is 15.2 Å². The largest absolute Gasteiger partial charge is 0.487 e. The van der Waals surface area contributed by atoms with Crippen LogP contribution in [0.5, 0.6) is 11.6 Å². The number of hydrogen-bond donors (Lipinski definition) is 1. The van der Waals surface area contributed by atoms with Crippen molar-refractivity contribution >= 4 is 0 Å². The zero-order valence-electron chi connectivity index (χ0n) is 12.6. The van der Waals surface area contributed by atoms with Gasteiger partial charge < -0.3 is 15.2 Å². The van der Waals surface area contributed by atoms with Crippen molar-refractivity contribution in [3.8, 4) is 11.6 Å². The summed E-state index contributed by atoms with van der Waals surface area (Å²) in [5.74, 6) is 1.43. The maximum atomic E-state index is 5.99. The number of hydrogen-bond acceptors (Lipinski definition) is 4. The van der Waals surface area contributed by atoms with E-state index >= 15 is 0 Å². The number of methoxy groups -OCH3 is 1. The molecule has 0 bridgehead atoms. The zero-order valence-corrected chi connectivity index (χ0v) is 12.6. The van der Waals surface area contributed by atoms with Crippen LogP contribution in [0.1, 0.15) is 24.6 Å². The third-order valence-corrected chi connectivity index (χ3v) is 3.30. The molecule has 0 aliphatic rings. The summed E-state index contributed by atoms with van der Waals surface area (Å²) in [6.07, 6.45) is 1.84. The van der Waals surface area contributed by atoms with Crippen molar-refractivity contribution in [3.63, 3.8) is 0 Å². The molecule has 21 heavy (non-hydrogen) atoms. The van der Waals surface area contributed by atoms with Crippen LogP contribution in [0.3, 0.4) is 0 Å². The normalized spacial score (nSPS) is 12.0. The van der Waals surface area contributed by atoms with Gasteiger partial charge in [0.25, 0.3) is 0 Å². The SMILES string of the molecule is CCC(N)Cc1cccc(OCc2cccc(OC)n2)c1. The maximum Gasteiger partial charge on any atom is 0.213 e. The van der Waals surface area contributed by atoms with Gasteiger partial charge in [-0.3, -0.25) is 0 Å². The lowest BCUT2D eigenvalue weighted by Crippen LogP contribution is -2.21. The number of rotatable bonds is 7. The number of pyridine rings is 1. The molecular weight excluding hydrogens is 264 g/mol. The molecule has 4 nitrogen and oxygen atoms in total. The van der Waals surface area contributed by atoms with E-state index in [2.05, 4.69) is 18.0 Å². The van der Waals surface area contributed by atoms with Crippen LogP contribution < -0.4 is 15.2 Å². The molecule has 0 amide bonds. The molecular formula is C17H22N2O2. The molecule has 0 spiro atoms. The highest BCUT2D eigenvalue weighted by molar-refractivity contribution is 5.29. The Balaban J connectivity index is 1.97. The molecule has 4 heteroatoms. The molecule has 0 saturated carbocycles. The van der Waals surface area contributed by atoms with Crippen LogP contribution in [0.25, 0.3) is 0 Å². The topological polar surface area (TPSA) is 57.4 Å². The molecule has 0 fully saturated rings. The van der Waals surface area contributed by atoms with Crippen molar-refractivity contribution in [1.82, 2.24) is 4.98 Å². The van der Waals surface area contributed by atoms with Crippen LogP contribution in [0.4, 0.5) is 0 Å². The van der Waals surface area contributed by atoms with E-state index in [0.29, 0.717) is 12.5 Å². The molecule has 2 N–H and O–H groups in total. The third-order valence-electron chi connectivity index (χ3n) is 3.30. The fraction of sp³-hybridized carbons (Fsp3) is 0.353. The predicted molar refractivity (Wildman–Crippen MR) is 83.5 cm³/mol. The molecule has 1 atom stereocenters. The van der Waals surface area contributed by atoms with Crippen molar-refractivity contribution in [3.05, 3.63) is 53.7 Å². The lowest BCUT2D eigenvalue weighted by Gasteiger charge is -2.11. The molecule has 0 aliphatic carbocycles. The Bertz CT molecular complexity index is 572. The summed E-state index contributed by atoms with van der Waals surface area (Å²) in [6, 6.07) is 13.9. The summed E-state index contributed by atoms with van der Waals surface area (Å²) in [6.45, 7) is 2.51. The van der Waals surface area contributed by atoms with Crippen molar-refractivity contribution in [1.29, 1.82) is 0 Å². The van der Waals surface area contributed by atoms with Crippen LogP contribution in [-0.2, 0) is 13.0 Å². The quantitative estimate of drug-likeness (QED) is 0.850. The Morgan fingerprint density at radius 2 is 2.00 bits per heavy atom. The highest BCUT2D eigenvalue weighted by atomic mass is 16.5. The standard InChI is InChI=1S/C17H22N2O2/c1-3-14(18)10-13-6-4-8-16(11-13)21-12-15-7-5-9-17(19-15)20-2/h4-9,11,14H,3,10,12,18H2,1-2H3. The van der Waals surface area contributed by atoms with Crippen LogP contribution in [0.2, 0.25) is 0 Å². The van der Waals surface area contributed by atoms with Crippen LogP contribution in [-0.4, -0.2) is 18.1 Å². The van der Waals surface area contributed by atoms with Crippen molar-refractivity contribution < 1.29 is 9.47 Å². The highest BCUT2D eigenvalue weighted by Crippen LogP contribution is 2.17. The number of nitrogens with zero attached hydrogens (tertiary/aromatic N) is 1. The zero-order chi connectivity index (χ0) is 15.1. The van der Waals surface area contributed by atoms with Gasteiger partial charge in [0.1, 0.15) is 12.4 Å². The van der Waals surface area contributed by atoms with Gasteiger partial charge in [-0.25, -0.2) is 4.98 Å². The Morgan fingerprint density at radius 3 is 2.76 bits per heavy atom. The first-order chi connectivity index (χ1) is 10.2. The maximum absolute atomic E-state index is 5.99. The second-order valence-electron chi connectivity index (χ2n) is 4.98. The lowest BCUT2D eigenvalue weighted by molar-refractivity contribution is 0.297. The number of benzene rings is 1. The molecule has 1 aromatic heterocycles. The summed E-state index contributed by atoms with van der Waals surface area (Å²) in [4.78, 5) is 4.32. The number of nitrogens with two attached hydrogens (primary N) is 1. The number of ether oxygens (including phenoxy) is 2. The molecule has 112 valence electrons. The average Bonchev–Trinajstić information content (AvgIpc) is 2.53. The van der Waals surface area contributed by atoms with E-state index in [1.54, 1.807) is 7.11 Å². The first-order valence-corrected chi connectivity index (χ1v) is 7.18. The van der Waals surface area contributed by atoms with E-state index < -0.39 is 0 Å². The smallest absolute Gasteiger partial charge is 0.213 e. The molecule has 2 aromatic rings. The summed E-state index contributed by atoms with van der Waals surface area (Å²) in [5, 5.41) is 0. The van der Waals surface area contributed by atoms with Crippen molar-refractivity contribution in [2.45, 2.75) is 32.4 Å². The molecule has 1 heterocycles. The third kappa shape index (κ3) is 4.76. The Morgan fingerprint density at radius 1 is 1.19 bits per heavy atom. The minimum atomic E-state index is 0.195. The van der Waals surface area contributed by atoms with Crippen LogP contribution in [0.15, 0.2) is 42.5 Å². The van der Waals surface area contributed by atoms with E-state index in [9.17, 15) is 0 Å². The van der Waals surface area contributed by atoms with Gasteiger partial charge in [0, 0.05) is 12.1 Å². The first kappa shape index (κ1) is 15.3. The fourth-order valence-corrected chi connectivity index (χ4v) is 2.02. The number of aromatic nitrogens is 1. The van der Waals surface area contributed by atoms with Crippen molar-refractivity contribution in [2.75, 3.05) is 7.11 Å². The van der Waals surface area contributed by atoms with E-state index in [0.717, 1.165) is 24.3 Å². The molecule has 0 aliphatic heterocycles. The Labute approximate surface area is 125 Å². The van der Waals surface area contributed by atoms with E-state index in [1.165, 1.54) is 5.56 Å². The summed E-state index contributed by atoms with van der Waals surface area (Å²) in [7, 11) is 1.60. The summed E-state index contributed by atoms with van der Waals surface area (Å²) < 4.78 is 10.9. The molecule has 0 radical (unpaired) electrons. The van der Waals surface area contributed by atoms with E-state index in [-0.39, 0.29) is 6.04 Å². The first-order valence-electron chi connectivity index (χ1n) is 7.18. The molecule has 1 aromatic carbocycles. The summed E-state index contributed by atoms with van der Waals surface area (Å²) in [5.41, 5.74) is 8.02. The van der Waals surface area contributed by atoms with Gasteiger partial charge in [0.2, 0.25) is 5.88 Å². The minimum Gasteiger partial charge on any atom is -0.487 e.